The quantitative estimate of drug-likeness (QED) is 0.0264. The Hall–Kier alpha value is -3.12. The lowest BCUT2D eigenvalue weighted by atomic mass is 9.60. The van der Waals surface area contributed by atoms with E-state index >= 15 is 0 Å². The van der Waals surface area contributed by atoms with E-state index < -0.39 is 0 Å². The van der Waals surface area contributed by atoms with Crippen LogP contribution >= 0.6 is 0 Å². The molecule has 0 bridgehead atoms. The summed E-state index contributed by atoms with van der Waals surface area (Å²) in [6, 6.07) is 0. The van der Waals surface area contributed by atoms with Crippen molar-refractivity contribution in [1.29, 1.82) is 0 Å². The Balaban J connectivity index is 1.06. The van der Waals surface area contributed by atoms with Crippen molar-refractivity contribution >= 4 is 64.6 Å². The van der Waals surface area contributed by atoms with Crippen LogP contribution in [0.25, 0.3) is 64.6 Å². The van der Waals surface area contributed by atoms with Crippen LogP contribution in [0.4, 0.5) is 0 Å². The lowest BCUT2D eigenvalue weighted by molar-refractivity contribution is 0.358. The number of fused-ring (bicyclic) bond motifs is 6. The maximum Gasteiger partial charge on any atom is -0.000770 e. The van der Waals surface area contributed by atoms with E-state index in [1.54, 1.807) is 0 Å². The fourth-order valence-corrected chi connectivity index (χ4v) is 24.0. The molecule has 0 N–H and O–H groups in total. The molecule has 0 aliphatic heterocycles. The molecule has 0 amide bonds. The van der Waals surface area contributed by atoms with Crippen LogP contribution in [-0.4, -0.2) is 0 Å². The molecule has 0 saturated carbocycles. The summed E-state index contributed by atoms with van der Waals surface area (Å²) < 4.78 is 0. The van der Waals surface area contributed by atoms with Gasteiger partial charge in [-0.25, -0.2) is 0 Å². The van der Waals surface area contributed by atoms with Crippen LogP contribution in [0.2, 0.25) is 0 Å². The van der Waals surface area contributed by atoms with Crippen LogP contribution in [0.15, 0.2) is 0 Å². The van der Waals surface area contributed by atoms with E-state index in [0.29, 0.717) is 0 Å². The molecule has 7 aromatic rings. The third-order valence-corrected chi connectivity index (χ3v) is 30.0. The minimum atomic E-state index is 0.740. The van der Waals surface area contributed by atoms with E-state index in [-0.39, 0.29) is 0 Å². The smallest absolute Gasteiger partial charge is 0.000770 e. The van der Waals surface area contributed by atoms with Crippen molar-refractivity contribution in [3.05, 3.63) is 66.8 Å². The van der Waals surface area contributed by atoms with Crippen LogP contribution in [0.5, 0.6) is 0 Å². The van der Waals surface area contributed by atoms with Gasteiger partial charge in [0.1, 0.15) is 0 Å². The van der Waals surface area contributed by atoms with E-state index in [1.807, 2.05) is 131 Å². The molecule has 564 valence electrons. The van der Waals surface area contributed by atoms with Gasteiger partial charge in [0, 0.05) is 0 Å². The summed E-state index contributed by atoms with van der Waals surface area (Å²) in [5.74, 6) is 14.2. The van der Waals surface area contributed by atoms with Crippen molar-refractivity contribution in [2.45, 2.75) is 394 Å². The predicted molar refractivity (Wildman–Crippen MR) is 453 cm³/mol. The highest BCUT2D eigenvalue weighted by atomic mass is 14.5. The fourth-order valence-electron chi connectivity index (χ4n) is 24.0. The molecule has 102 heavy (non-hydrogen) atoms. The van der Waals surface area contributed by atoms with Gasteiger partial charge in [0.05, 0.1) is 0 Å². The van der Waals surface area contributed by atoms with Gasteiger partial charge in [0.2, 0.25) is 0 Å². The molecule has 0 nitrogen and oxygen atoms in total. The van der Waals surface area contributed by atoms with E-state index in [2.05, 4.69) is 125 Å². The molecule has 0 fully saturated rings. The second kappa shape index (κ2) is 33.8. The van der Waals surface area contributed by atoms with Crippen LogP contribution in [0, 0.1) is 107 Å². The Morgan fingerprint density at radius 1 is 0.157 bits per heavy atom. The Morgan fingerprint density at radius 2 is 0.275 bits per heavy atom. The summed E-state index contributed by atoms with van der Waals surface area (Å²) in [6.07, 6.45) is 58.1. The highest BCUT2D eigenvalue weighted by Crippen LogP contribution is 2.64. The van der Waals surface area contributed by atoms with Crippen molar-refractivity contribution in [1.82, 2.24) is 0 Å². The van der Waals surface area contributed by atoms with Crippen molar-refractivity contribution in [3.63, 3.8) is 0 Å². The first-order chi connectivity index (χ1) is 49.0. The first kappa shape index (κ1) is 77.1. The summed E-state index contributed by atoms with van der Waals surface area (Å²) in [5.41, 5.74) is 23.1. The van der Waals surface area contributed by atoms with Gasteiger partial charge in [0.25, 0.3) is 0 Å². The molecule has 0 heterocycles. The topological polar surface area (TPSA) is 0 Å². The van der Waals surface area contributed by atoms with Gasteiger partial charge in [-0.15, -0.1) is 0 Å². The van der Waals surface area contributed by atoms with E-state index in [4.69, 9.17) is 0 Å². The molecular formula is C102H156. The number of hydrogen-bond acceptors (Lipinski definition) is 0. The van der Waals surface area contributed by atoms with E-state index in [9.17, 15) is 0 Å². The molecule has 6 atom stereocenters. The summed E-state index contributed by atoms with van der Waals surface area (Å²) in [4.78, 5) is 0. The monoisotopic (exact) mass is 1380 g/mol. The minimum absolute atomic E-state index is 0.740. The molecule has 13 rings (SSSR count). The molecular weight excluding hydrogens is 1230 g/mol. The van der Waals surface area contributed by atoms with Gasteiger partial charge in [-0.3, -0.25) is 0 Å². The van der Waals surface area contributed by atoms with Crippen molar-refractivity contribution in [3.8, 4) is 0 Å². The molecule has 6 aliphatic rings. The zero-order chi connectivity index (χ0) is 71.9. The van der Waals surface area contributed by atoms with Crippen molar-refractivity contribution in [2.24, 2.45) is 107 Å². The molecule has 0 radical (unpaired) electrons. The molecule has 0 saturated heterocycles. The SMILES string of the molecule is CC(C)CCCC(C)CCC1Cc2c3c4c(c5c6c(c7c8c(c9c%10c(c%11c%12c(c(c2c2c4c6c8c%10c%122)C1)CC(CCC(C)CCCC(C)C)C%11)CC(CCC(C)CCCC(C)C)C9)CC(CCC(C)CCCC(C)C)C7)CC(CCC(C)CCCC(C)C)C5)CC(CCC(C)CCCC(C)C)C3. The average molecular weight is 1380 g/mol. The third kappa shape index (κ3) is 16.7. The zero-order valence-corrected chi connectivity index (χ0v) is 70.1. The van der Waals surface area contributed by atoms with Crippen LogP contribution in [0.1, 0.15) is 384 Å². The third-order valence-electron chi connectivity index (χ3n) is 30.0. The number of rotatable bonds is 42. The molecule has 0 aromatic heterocycles. The highest BCUT2D eigenvalue weighted by molar-refractivity contribution is 6.48. The summed E-state index contributed by atoms with van der Waals surface area (Å²) in [5, 5.41) is 22.3. The molecule has 6 aliphatic carbocycles. The summed E-state index contributed by atoms with van der Waals surface area (Å²) >= 11 is 0. The van der Waals surface area contributed by atoms with E-state index in [0.717, 1.165) is 107 Å². The Bertz CT molecular complexity index is 3070. The number of benzene rings is 7. The maximum absolute atomic E-state index is 2.65. The summed E-state index contributed by atoms with van der Waals surface area (Å²) in [7, 11) is 0. The van der Waals surface area contributed by atoms with Crippen LogP contribution in [-0.2, 0) is 77.0 Å². The average Bonchev–Trinajstić information content (AvgIpc) is 0.643. The first-order valence-corrected chi connectivity index (χ1v) is 45.8. The Morgan fingerprint density at radius 3 is 0.382 bits per heavy atom. The second-order valence-electron chi connectivity index (χ2n) is 41.9. The molecule has 0 heteroatoms. The van der Waals surface area contributed by atoms with Crippen LogP contribution < -0.4 is 0 Å². The number of hydrogen-bond donors (Lipinski definition) is 0. The van der Waals surface area contributed by atoms with Gasteiger partial charge in [-0.2, -0.15) is 0 Å². The van der Waals surface area contributed by atoms with Gasteiger partial charge >= 0.3 is 0 Å². The van der Waals surface area contributed by atoms with Crippen LogP contribution in [0.3, 0.4) is 0 Å². The van der Waals surface area contributed by atoms with Gasteiger partial charge in [0.15, 0.2) is 0 Å². The van der Waals surface area contributed by atoms with Gasteiger partial charge < -0.3 is 0 Å². The summed E-state index contributed by atoms with van der Waals surface area (Å²) in [6.45, 7) is 45.3. The minimum Gasteiger partial charge on any atom is -0.0628 e. The lowest BCUT2D eigenvalue weighted by Gasteiger charge is -2.44. The normalized spacial score (nSPS) is 22.2. The lowest BCUT2D eigenvalue weighted by Crippen LogP contribution is -2.29. The zero-order valence-electron chi connectivity index (χ0n) is 70.1. The van der Waals surface area contributed by atoms with Crippen molar-refractivity contribution < 1.29 is 0 Å². The standard InChI is InChI=1S/C102H156/c1-61(2)25-19-31-67(13)37-43-73-49-79-81-51-74(44-38-68(14)32-20-26-62(3)4)53-83-85-55-76(46-40-70(16)34-22-28-64(7)8)57-87-89-59-78(48-42-72(18)36-24-30-66(11)12)60-90-88-58-77(47-41-71(17)35-23-29-65(9)10)56-86-84-54-75(45-39-69(15)33-21-27-63(5)6)52-82-80(50-73)91(79)97-98(92(81)83)100(94(85)87)102(96(89)90)101(95(86)88)99(97)93(82)84/h61-78H,19-60H2,1-18H3. The van der Waals surface area contributed by atoms with E-state index in [1.165, 1.54) is 270 Å². The molecule has 0 spiro atoms. The maximum atomic E-state index is 2.65. The Labute approximate surface area is 628 Å². The first-order valence-electron chi connectivity index (χ1n) is 45.8. The van der Waals surface area contributed by atoms with Gasteiger partial charge in [-0.05, 0) is 353 Å². The Kier molecular flexibility index (Phi) is 25.5. The predicted octanol–water partition coefficient (Wildman–Crippen LogP) is 30.7. The molecule has 6 unspecified atom stereocenters. The largest absolute Gasteiger partial charge is 0.0628 e. The van der Waals surface area contributed by atoms with Crippen molar-refractivity contribution in [2.75, 3.05) is 0 Å². The highest BCUT2D eigenvalue weighted by Gasteiger charge is 2.45. The molecule has 7 aromatic carbocycles. The van der Waals surface area contributed by atoms with Gasteiger partial charge in [-0.1, -0.05) is 279 Å². The fraction of sp³-hybridized carbons (Fsp3) is 0.765. The second-order valence-corrected chi connectivity index (χ2v) is 41.9.